The average Bonchev–Trinajstić information content (AvgIpc) is 3.22. The number of nitrogens with one attached hydrogen (secondary N) is 1. The molecular weight excluding hydrogens is 396 g/mol. The molecule has 31 heavy (non-hydrogen) atoms. The Morgan fingerprint density at radius 2 is 1.77 bits per heavy atom. The van der Waals surface area contributed by atoms with Gasteiger partial charge in [0.15, 0.2) is 0 Å². The van der Waals surface area contributed by atoms with Crippen LogP contribution in [0.25, 0.3) is 11.1 Å². The molecule has 0 bridgehead atoms. The van der Waals surface area contributed by atoms with Gasteiger partial charge in [0.05, 0.1) is 0 Å². The molecule has 0 aromatic heterocycles. The lowest BCUT2D eigenvalue weighted by atomic mass is 10.0. The Hall–Kier alpha value is -3.35. The number of hydrogen-bond donors (Lipinski definition) is 2. The average molecular weight is 424 g/mol. The second kappa shape index (κ2) is 9.64. The van der Waals surface area contributed by atoms with Gasteiger partial charge >= 0.3 is 6.16 Å². The van der Waals surface area contributed by atoms with Crippen molar-refractivity contribution in [2.45, 2.75) is 51.6 Å². The summed E-state index contributed by atoms with van der Waals surface area (Å²) in [5, 5.41) is 11.8. The number of nitrogens with zero attached hydrogens (tertiary/aromatic N) is 1. The van der Waals surface area contributed by atoms with Crippen LogP contribution in [-0.4, -0.2) is 47.1 Å². The van der Waals surface area contributed by atoms with Crippen molar-refractivity contribution in [2.24, 2.45) is 0 Å². The molecule has 0 radical (unpaired) electrons. The quantitative estimate of drug-likeness (QED) is 0.534. The zero-order valence-corrected chi connectivity index (χ0v) is 18.1. The number of amides is 2. The van der Waals surface area contributed by atoms with Crippen LogP contribution in [0, 0.1) is 6.92 Å². The Balaban J connectivity index is 1.66. The van der Waals surface area contributed by atoms with Gasteiger partial charge in [0.25, 0.3) is 5.91 Å². The number of carboxylic acid groups (broad SMARTS) is 1. The standard InChI is InChI=1S/C24H28N2O5/c1-4-22(27)25-19-10-11-20(14-19)26(3)23(28)17-7-5-16(6-8-17)18-9-12-21(15(2)13-18)31-24(29)30/h5-9,12-13,19-20H,4,10-11,14H2,1-3H3,(H,25,27)(H,29,30)/t19-,20+/m0/s1. The smallest absolute Gasteiger partial charge is 0.449 e. The van der Waals surface area contributed by atoms with E-state index in [1.807, 2.05) is 32.2 Å². The van der Waals surface area contributed by atoms with Gasteiger partial charge in [-0.05, 0) is 67.1 Å². The van der Waals surface area contributed by atoms with Gasteiger partial charge in [-0.3, -0.25) is 9.59 Å². The van der Waals surface area contributed by atoms with E-state index < -0.39 is 6.16 Å². The van der Waals surface area contributed by atoms with Gasteiger partial charge in [-0.1, -0.05) is 25.1 Å². The van der Waals surface area contributed by atoms with Gasteiger partial charge in [-0.2, -0.15) is 0 Å². The maximum atomic E-state index is 12.9. The Labute approximate surface area is 182 Å². The van der Waals surface area contributed by atoms with Gasteiger partial charge in [0.1, 0.15) is 5.75 Å². The summed E-state index contributed by atoms with van der Waals surface area (Å²) >= 11 is 0. The highest BCUT2D eigenvalue weighted by atomic mass is 16.7. The summed E-state index contributed by atoms with van der Waals surface area (Å²) in [5.74, 6) is 0.308. The Kier molecular flexibility index (Phi) is 6.95. The summed E-state index contributed by atoms with van der Waals surface area (Å²) in [6.45, 7) is 3.62. The van der Waals surface area contributed by atoms with Crippen LogP contribution in [0.2, 0.25) is 0 Å². The fraction of sp³-hybridized carbons (Fsp3) is 0.375. The van der Waals surface area contributed by atoms with E-state index in [-0.39, 0.29) is 23.9 Å². The Morgan fingerprint density at radius 1 is 1.10 bits per heavy atom. The number of carbonyl (C=O) groups is 3. The Bertz CT molecular complexity index is 970. The van der Waals surface area contributed by atoms with Crippen LogP contribution in [0.5, 0.6) is 5.75 Å². The molecule has 1 fully saturated rings. The predicted octanol–water partition coefficient (Wildman–Crippen LogP) is 4.24. The summed E-state index contributed by atoms with van der Waals surface area (Å²) in [5.41, 5.74) is 3.15. The number of hydrogen-bond acceptors (Lipinski definition) is 4. The molecule has 1 aliphatic rings. The van der Waals surface area contributed by atoms with Crippen LogP contribution in [0.3, 0.4) is 0 Å². The molecule has 2 aromatic carbocycles. The monoisotopic (exact) mass is 424 g/mol. The zero-order chi connectivity index (χ0) is 22.5. The maximum Gasteiger partial charge on any atom is 0.511 e. The first kappa shape index (κ1) is 22.3. The lowest BCUT2D eigenvalue weighted by Crippen LogP contribution is -2.38. The van der Waals surface area contributed by atoms with Gasteiger partial charge in [-0.15, -0.1) is 0 Å². The topological polar surface area (TPSA) is 95.9 Å². The van der Waals surface area contributed by atoms with E-state index >= 15 is 0 Å². The van der Waals surface area contributed by atoms with Gasteiger partial charge < -0.3 is 20.1 Å². The normalized spacial score (nSPS) is 17.8. The highest BCUT2D eigenvalue weighted by molar-refractivity contribution is 5.94. The molecule has 164 valence electrons. The van der Waals surface area contributed by atoms with Gasteiger partial charge in [0, 0.05) is 31.1 Å². The van der Waals surface area contributed by atoms with E-state index in [2.05, 4.69) is 5.32 Å². The molecule has 0 spiro atoms. The number of carbonyl (C=O) groups excluding carboxylic acids is 2. The van der Waals surface area contributed by atoms with Gasteiger partial charge in [-0.25, -0.2) is 4.79 Å². The lowest BCUT2D eigenvalue weighted by molar-refractivity contribution is -0.121. The Morgan fingerprint density at radius 3 is 2.39 bits per heavy atom. The molecule has 2 amide bonds. The fourth-order valence-corrected chi connectivity index (χ4v) is 3.98. The van der Waals surface area contributed by atoms with E-state index in [4.69, 9.17) is 9.84 Å². The number of benzene rings is 2. The van der Waals surface area contributed by atoms with Crippen LogP contribution in [0.4, 0.5) is 4.79 Å². The molecule has 1 aliphatic carbocycles. The van der Waals surface area contributed by atoms with Crippen LogP contribution in [-0.2, 0) is 4.79 Å². The number of rotatable bonds is 6. The molecule has 2 atom stereocenters. The first-order valence-corrected chi connectivity index (χ1v) is 10.5. The first-order chi connectivity index (χ1) is 14.8. The SMILES string of the molecule is CCC(=O)N[C@H]1CC[C@@H](N(C)C(=O)c2ccc(-c3ccc(OC(=O)O)c(C)c3)cc2)C1. The van der Waals surface area contributed by atoms with E-state index in [9.17, 15) is 14.4 Å². The minimum Gasteiger partial charge on any atom is -0.449 e. The first-order valence-electron chi connectivity index (χ1n) is 10.5. The summed E-state index contributed by atoms with van der Waals surface area (Å²) in [6, 6.07) is 12.9. The van der Waals surface area contributed by atoms with Crippen LogP contribution >= 0.6 is 0 Å². The van der Waals surface area contributed by atoms with E-state index in [1.54, 1.807) is 36.1 Å². The fourth-order valence-electron chi connectivity index (χ4n) is 3.98. The zero-order valence-electron chi connectivity index (χ0n) is 18.1. The van der Waals surface area contributed by atoms with Crippen molar-refractivity contribution in [3.05, 3.63) is 53.6 Å². The second-order valence-electron chi connectivity index (χ2n) is 7.93. The lowest BCUT2D eigenvalue weighted by Gasteiger charge is -2.25. The van der Waals surface area contributed by atoms with Crippen molar-refractivity contribution in [3.8, 4) is 16.9 Å². The molecular formula is C24H28N2O5. The van der Waals surface area contributed by atoms with Crippen LogP contribution in [0.1, 0.15) is 48.5 Å². The third kappa shape index (κ3) is 5.42. The molecule has 2 aromatic rings. The minimum atomic E-state index is -1.34. The molecule has 0 heterocycles. The van der Waals surface area contributed by atoms with Crippen LogP contribution < -0.4 is 10.1 Å². The summed E-state index contributed by atoms with van der Waals surface area (Å²) in [7, 11) is 1.81. The minimum absolute atomic E-state index is 0.0413. The molecule has 2 N–H and O–H groups in total. The summed E-state index contributed by atoms with van der Waals surface area (Å²) < 4.78 is 4.74. The van der Waals surface area contributed by atoms with E-state index in [0.717, 1.165) is 30.4 Å². The molecule has 0 saturated heterocycles. The highest BCUT2D eigenvalue weighted by Crippen LogP contribution is 2.28. The third-order valence-corrected chi connectivity index (χ3v) is 5.80. The van der Waals surface area contributed by atoms with Crippen molar-refractivity contribution >= 4 is 18.0 Å². The van der Waals surface area contributed by atoms with E-state index in [1.165, 1.54) is 0 Å². The van der Waals surface area contributed by atoms with Crippen molar-refractivity contribution < 1.29 is 24.2 Å². The van der Waals surface area contributed by atoms with Crippen molar-refractivity contribution in [1.82, 2.24) is 10.2 Å². The predicted molar refractivity (Wildman–Crippen MR) is 117 cm³/mol. The van der Waals surface area contributed by atoms with Crippen molar-refractivity contribution in [1.29, 1.82) is 0 Å². The molecule has 0 unspecified atom stereocenters. The summed E-state index contributed by atoms with van der Waals surface area (Å²) in [6.07, 6.45) is 1.66. The van der Waals surface area contributed by atoms with Crippen LogP contribution in [0.15, 0.2) is 42.5 Å². The third-order valence-electron chi connectivity index (χ3n) is 5.80. The molecule has 3 rings (SSSR count). The second-order valence-corrected chi connectivity index (χ2v) is 7.93. The molecule has 1 saturated carbocycles. The highest BCUT2D eigenvalue weighted by Gasteiger charge is 2.30. The van der Waals surface area contributed by atoms with Gasteiger partial charge in [0.2, 0.25) is 5.91 Å². The molecule has 7 nitrogen and oxygen atoms in total. The van der Waals surface area contributed by atoms with Crippen molar-refractivity contribution in [2.75, 3.05) is 7.05 Å². The summed E-state index contributed by atoms with van der Waals surface area (Å²) in [4.78, 5) is 37.0. The van der Waals surface area contributed by atoms with E-state index in [0.29, 0.717) is 23.3 Å². The molecule has 0 aliphatic heterocycles. The largest absolute Gasteiger partial charge is 0.511 e. The maximum absolute atomic E-state index is 12.9. The number of ether oxygens (including phenoxy) is 1. The number of aryl methyl sites for hydroxylation is 1. The van der Waals surface area contributed by atoms with Crippen molar-refractivity contribution in [3.63, 3.8) is 0 Å². The molecule has 7 heteroatoms.